The summed E-state index contributed by atoms with van der Waals surface area (Å²) in [6.45, 7) is 0. The normalized spacial score (nSPS) is 21.1. The van der Waals surface area contributed by atoms with E-state index in [2.05, 4.69) is 4.98 Å². The standard InChI is InChI=1S/C13H15N3O3S/c1-15(11-3-5-20(18,19)8-11)13(17)10-2-4-16-9-14-7-12(16)6-10/h2,4,6-7,9,11H,3,5,8H2,1H3. The first-order valence-electron chi connectivity index (χ1n) is 6.35. The predicted octanol–water partition coefficient (Wildman–Crippen LogP) is 0.593. The summed E-state index contributed by atoms with van der Waals surface area (Å²) in [6.07, 6.45) is 5.63. The maximum atomic E-state index is 12.4. The number of sulfone groups is 1. The van der Waals surface area contributed by atoms with Crippen LogP contribution in [0, 0.1) is 0 Å². The van der Waals surface area contributed by atoms with Crippen molar-refractivity contribution >= 4 is 21.3 Å². The maximum Gasteiger partial charge on any atom is 0.254 e. The van der Waals surface area contributed by atoms with E-state index in [1.54, 1.807) is 37.9 Å². The number of hydrogen-bond acceptors (Lipinski definition) is 4. The van der Waals surface area contributed by atoms with E-state index in [0.29, 0.717) is 12.0 Å². The molecule has 1 aliphatic heterocycles. The van der Waals surface area contributed by atoms with Crippen molar-refractivity contribution in [3.8, 4) is 0 Å². The molecule has 1 atom stereocenters. The zero-order valence-electron chi connectivity index (χ0n) is 11.1. The number of fused-ring (bicyclic) bond motifs is 1. The van der Waals surface area contributed by atoms with E-state index in [9.17, 15) is 13.2 Å². The van der Waals surface area contributed by atoms with Crippen LogP contribution in [0.4, 0.5) is 0 Å². The molecular weight excluding hydrogens is 278 g/mol. The van der Waals surface area contributed by atoms with Crippen molar-refractivity contribution in [1.29, 1.82) is 0 Å². The van der Waals surface area contributed by atoms with Gasteiger partial charge in [0.25, 0.3) is 5.91 Å². The van der Waals surface area contributed by atoms with Gasteiger partial charge in [0, 0.05) is 24.8 Å². The van der Waals surface area contributed by atoms with Crippen molar-refractivity contribution in [2.24, 2.45) is 0 Å². The molecule has 0 aliphatic carbocycles. The Hall–Kier alpha value is -1.89. The average Bonchev–Trinajstić information content (AvgIpc) is 3.02. The Morgan fingerprint density at radius 2 is 2.30 bits per heavy atom. The van der Waals surface area contributed by atoms with E-state index in [1.165, 1.54) is 4.90 Å². The minimum atomic E-state index is -2.99. The van der Waals surface area contributed by atoms with E-state index in [4.69, 9.17) is 0 Å². The van der Waals surface area contributed by atoms with Crippen LogP contribution < -0.4 is 0 Å². The molecule has 1 amide bonds. The molecule has 2 aromatic heterocycles. The van der Waals surface area contributed by atoms with E-state index in [0.717, 1.165) is 5.52 Å². The number of carbonyl (C=O) groups is 1. The largest absolute Gasteiger partial charge is 0.338 e. The first-order chi connectivity index (χ1) is 9.46. The summed E-state index contributed by atoms with van der Waals surface area (Å²) < 4.78 is 24.8. The first-order valence-corrected chi connectivity index (χ1v) is 8.18. The minimum absolute atomic E-state index is 0.0597. The number of imidazole rings is 1. The summed E-state index contributed by atoms with van der Waals surface area (Å²) in [5, 5.41) is 0. The Kier molecular flexibility index (Phi) is 3.01. The Morgan fingerprint density at radius 3 is 3.00 bits per heavy atom. The highest BCUT2D eigenvalue weighted by atomic mass is 32.2. The van der Waals surface area contributed by atoms with Crippen LogP contribution in [0.1, 0.15) is 16.8 Å². The van der Waals surface area contributed by atoms with Crippen molar-refractivity contribution in [2.75, 3.05) is 18.6 Å². The molecule has 1 saturated heterocycles. The number of nitrogens with zero attached hydrogens (tertiary/aromatic N) is 3. The van der Waals surface area contributed by atoms with Crippen LogP contribution in [0.5, 0.6) is 0 Å². The monoisotopic (exact) mass is 293 g/mol. The summed E-state index contributed by atoms with van der Waals surface area (Å²) >= 11 is 0. The Labute approximate surface area is 116 Å². The van der Waals surface area contributed by atoms with Crippen molar-refractivity contribution in [1.82, 2.24) is 14.3 Å². The Morgan fingerprint density at radius 1 is 1.50 bits per heavy atom. The van der Waals surface area contributed by atoms with Gasteiger partial charge in [-0.05, 0) is 18.6 Å². The zero-order valence-corrected chi connectivity index (χ0v) is 11.9. The van der Waals surface area contributed by atoms with Crippen LogP contribution in [0.2, 0.25) is 0 Å². The molecule has 0 bridgehead atoms. The van der Waals surface area contributed by atoms with Crippen LogP contribution in [0.3, 0.4) is 0 Å². The van der Waals surface area contributed by atoms with Crippen molar-refractivity contribution in [2.45, 2.75) is 12.5 Å². The number of aromatic nitrogens is 2. The number of carbonyl (C=O) groups excluding carboxylic acids is 1. The molecule has 0 spiro atoms. The number of amides is 1. The lowest BCUT2D eigenvalue weighted by Gasteiger charge is -2.23. The van der Waals surface area contributed by atoms with Crippen LogP contribution >= 0.6 is 0 Å². The summed E-state index contributed by atoms with van der Waals surface area (Å²) in [5.74, 6) is 0.0667. The summed E-state index contributed by atoms with van der Waals surface area (Å²) in [6, 6.07) is 3.25. The molecule has 20 heavy (non-hydrogen) atoms. The van der Waals surface area contributed by atoms with Gasteiger partial charge in [-0.2, -0.15) is 0 Å². The van der Waals surface area contributed by atoms with Gasteiger partial charge in [-0.1, -0.05) is 0 Å². The molecule has 0 aromatic carbocycles. The quantitative estimate of drug-likeness (QED) is 0.812. The first kappa shape index (κ1) is 13.1. The number of pyridine rings is 1. The van der Waals surface area contributed by atoms with Gasteiger partial charge in [-0.15, -0.1) is 0 Å². The highest BCUT2D eigenvalue weighted by molar-refractivity contribution is 7.91. The summed E-state index contributed by atoms with van der Waals surface area (Å²) in [4.78, 5) is 17.9. The third kappa shape index (κ3) is 2.29. The lowest BCUT2D eigenvalue weighted by atomic mass is 10.1. The molecule has 106 valence electrons. The molecular formula is C13H15N3O3S. The third-order valence-corrected chi connectivity index (χ3v) is 5.49. The van der Waals surface area contributed by atoms with Gasteiger partial charge in [0.05, 0.1) is 29.5 Å². The smallest absolute Gasteiger partial charge is 0.254 e. The van der Waals surface area contributed by atoms with Crippen LogP contribution in [0.15, 0.2) is 30.9 Å². The Balaban J connectivity index is 1.84. The van der Waals surface area contributed by atoms with Crippen molar-refractivity contribution in [3.05, 3.63) is 36.4 Å². The molecule has 0 radical (unpaired) electrons. The lowest BCUT2D eigenvalue weighted by Crippen LogP contribution is -2.37. The average molecular weight is 293 g/mol. The molecule has 2 aromatic rings. The fraction of sp³-hybridized carbons (Fsp3) is 0.385. The van der Waals surface area contributed by atoms with Gasteiger partial charge >= 0.3 is 0 Å². The molecule has 0 saturated carbocycles. The second kappa shape index (κ2) is 4.59. The van der Waals surface area contributed by atoms with Crippen molar-refractivity contribution in [3.63, 3.8) is 0 Å². The van der Waals surface area contributed by atoms with E-state index < -0.39 is 9.84 Å². The van der Waals surface area contributed by atoms with E-state index in [1.807, 2.05) is 4.40 Å². The maximum absolute atomic E-state index is 12.4. The highest BCUT2D eigenvalue weighted by Crippen LogP contribution is 2.19. The Bertz CT molecular complexity index is 766. The zero-order chi connectivity index (χ0) is 14.3. The fourth-order valence-electron chi connectivity index (χ4n) is 2.50. The minimum Gasteiger partial charge on any atom is -0.338 e. The SMILES string of the molecule is CN(C(=O)c1ccn2cncc2c1)C1CCS(=O)(=O)C1. The summed E-state index contributed by atoms with van der Waals surface area (Å²) in [7, 11) is -1.33. The molecule has 3 rings (SSSR count). The van der Waals surface area contributed by atoms with Gasteiger partial charge in [-0.25, -0.2) is 13.4 Å². The molecule has 3 heterocycles. The van der Waals surface area contributed by atoms with Gasteiger partial charge in [0.15, 0.2) is 9.84 Å². The third-order valence-electron chi connectivity index (χ3n) is 3.74. The van der Waals surface area contributed by atoms with E-state index in [-0.39, 0.29) is 23.5 Å². The van der Waals surface area contributed by atoms with Crippen LogP contribution in [-0.4, -0.2) is 53.2 Å². The molecule has 6 nitrogen and oxygen atoms in total. The molecule has 7 heteroatoms. The van der Waals surface area contributed by atoms with Gasteiger partial charge in [0.1, 0.15) is 0 Å². The van der Waals surface area contributed by atoms with Gasteiger partial charge in [-0.3, -0.25) is 4.79 Å². The molecule has 1 fully saturated rings. The predicted molar refractivity (Wildman–Crippen MR) is 74.3 cm³/mol. The second-order valence-electron chi connectivity index (χ2n) is 5.11. The van der Waals surface area contributed by atoms with Crippen LogP contribution in [-0.2, 0) is 9.84 Å². The van der Waals surface area contributed by atoms with Crippen LogP contribution in [0.25, 0.3) is 5.52 Å². The van der Waals surface area contributed by atoms with Gasteiger partial charge in [0.2, 0.25) is 0 Å². The molecule has 0 N–H and O–H groups in total. The lowest BCUT2D eigenvalue weighted by molar-refractivity contribution is 0.0747. The van der Waals surface area contributed by atoms with E-state index >= 15 is 0 Å². The number of hydrogen-bond donors (Lipinski definition) is 0. The molecule has 1 unspecified atom stereocenters. The molecule has 1 aliphatic rings. The summed E-state index contributed by atoms with van der Waals surface area (Å²) in [5.41, 5.74) is 1.38. The van der Waals surface area contributed by atoms with Gasteiger partial charge < -0.3 is 9.30 Å². The topological polar surface area (TPSA) is 71.8 Å². The second-order valence-corrected chi connectivity index (χ2v) is 7.34. The number of rotatable bonds is 2. The highest BCUT2D eigenvalue weighted by Gasteiger charge is 2.33. The van der Waals surface area contributed by atoms with Crippen molar-refractivity contribution < 1.29 is 13.2 Å². The fourth-order valence-corrected chi connectivity index (χ4v) is 4.28.